The minimum atomic E-state index is 0.511. The average molecular weight is 314 g/mol. The van der Waals surface area contributed by atoms with E-state index < -0.39 is 0 Å². The number of nitrogens with zero attached hydrogens (tertiary/aromatic N) is 4. The summed E-state index contributed by atoms with van der Waals surface area (Å²) >= 11 is 0. The summed E-state index contributed by atoms with van der Waals surface area (Å²) in [7, 11) is 1.74. The molecule has 1 atom stereocenters. The van der Waals surface area contributed by atoms with Crippen molar-refractivity contribution in [2.75, 3.05) is 25.3 Å². The van der Waals surface area contributed by atoms with Crippen molar-refractivity contribution in [1.29, 1.82) is 0 Å². The van der Waals surface area contributed by atoms with Crippen LogP contribution in [0.2, 0.25) is 0 Å². The van der Waals surface area contributed by atoms with Crippen LogP contribution in [0.1, 0.15) is 25.6 Å². The Labute approximate surface area is 138 Å². The lowest BCUT2D eigenvalue weighted by Gasteiger charge is -2.44. The summed E-state index contributed by atoms with van der Waals surface area (Å²) in [6, 6.07) is 11.2. The maximum absolute atomic E-state index is 5.20. The normalized spacial score (nSPS) is 19.2. The zero-order chi connectivity index (χ0) is 16.1. The standard InChI is InChI=1S/C18H26N4O/c1-16-7-6-11-21(17-8-4-3-5-9-17)22(16)15-18-19-10-12-20(18)13-14-23-2/h3-5,8-10,12,16H,6-7,11,13-15H2,1-2H3/t16-/m1/s1. The first-order valence-corrected chi connectivity index (χ1v) is 8.37. The molecule has 2 aromatic rings. The van der Waals surface area contributed by atoms with E-state index in [1.165, 1.54) is 18.5 Å². The van der Waals surface area contributed by atoms with Crippen molar-refractivity contribution in [3.63, 3.8) is 0 Å². The van der Waals surface area contributed by atoms with Gasteiger partial charge in [0.25, 0.3) is 0 Å². The Bertz CT molecular complexity index is 598. The molecule has 2 heterocycles. The zero-order valence-electron chi connectivity index (χ0n) is 14.1. The number of hydrogen-bond donors (Lipinski definition) is 0. The number of imidazole rings is 1. The lowest BCUT2D eigenvalue weighted by Crippen LogP contribution is -2.51. The molecule has 0 spiro atoms. The Hall–Kier alpha value is -1.85. The molecular formula is C18H26N4O. The van der Waals surface area contributed by atoms with Crippen LogP contribution in [0.5, 0.6) is 0 Å². The predicted molar refractivity (Wildman–Crippen MR) is 92.1 cm³/mol. The lowest BCUT2D eigenvalue weighted by atomic mass is 10.1. The van der Waals surface area contributed by atoms with Crippen molar-refractivity contribution in [3.8, 4) is 0 Å². The molecule has 1 aromatic carbocycles. The molecule has 23 heavy (non-hydrogen) atoms. The molecule has 0 saturated carbocycles. The van der Waals surface area contributed by atoms with Gasteiger partial charge in [-0.05, 0) is 31.9 Å². The number of benzene rings is 1. The highest BCUT2D eigenvalue weighted by Gasteiger charge is 2.27. The summed E-state index contributed by atoms with van der Waals surface area (Å²) in [5.74, 6) is 1.09. The fraction of sp³-hybridized carbons (Fsp3) is 0.500. The fourth-order valence-electron chi connectivity index (χ4n) is 3.20. The van der Waals surface area contributed by atoms with Gasteiger partial charge in [-0.15, -0.1) is 0 Å². The fourth-order valence-corrected chi connectivity index (χ4v) is 3.20. The molecule has 0 amide bonds. The van der Waals surface area contributed by atoms with Gasteiger partial charge in [-0.2, -0.15) is 0 Å². The molecule has 0 unspecified atom stereocenters. The largest absolute Gasteiger partial charge is 0.383 e. The van der Waals surface area contributed by atoms with Crippen LogP contribution in [0.25, 0.3) is 0 Å². The van der Waals surface area contributed by atoms with E-state index in [1.54, 1.807) is 7.11 Å². The van der Waals surface area contributed by atoms with Gasteiger partial charge in [0, 0.05) is 38.6 Å². The van der Waals surface area contributed by atoms with Crippen molar-refractivity contribution < 1.29 is 4.74 Å². The minimum absolute atomic E-state index is 0.511. The number of hydrazine groups is 1. The van der Waals surface area contributed by atoms with Crippen LogP contribution in [-0.4, -0.2) is 40.9 Å². The second-order valence-corrected chi connectivity index (χ2v) is 6.08. The molecule has 0 bridgehead atoms. The summed E-state index contributed by atoms with van der Waals surface area (Å²) in [5, 5.41) is 4.86. The van der Waals surface area contributed by atoms with Crippen molar-refractivity contribution in [1.82, 2.24) is 14.6 Å². The maximum atomic E-state index is 5.20. The molecule has 1 fully saturated rings. The molecule has 1 aliphatic rings. The monoisotopic (exact) mass is 314 g/mol. The third-order valence-electron chi connectivity index (χ3n) is 4.51. The zero-order valence-corrected chi connectivity index (χ0v) is 14.1. The second-order valence-electron chi connectivity index (χ2n) is 6.08. The highest BCUT2D eigenvalue weighted by molar-refractivity contribution is 5.45. The summed E-state index contributed by atoms with van der Waals surface area (Å²) in [6.45, 7) is 5.75. The van der Waals surface area contributed by atoms with Crippen LogP contribution in [-0.2, 0) is 17.8 Å². The topological polar surface area (TPSA) is 33.5 Å². The van der Waals surface area contributed by atoms with E-state index in [9.17, 15) is 0 Å². The van der Waals surface area contributed by atoms with Crippen LogP contribution in [0.4, 0.5) is 5.69 Å². The molecule has 5 nitrogen and oxygen atoms in total. The predicted octanol–water partition coefficient (Wildman–Crippen LogP) is 2.94. The van der Waals surface area contributed by atoms with E-state index in [0.717, 1.165) is 25.5 Å². The summed E-state index contributed by atoms with van der Waals surface area (Å²) in [6.07, 6.45) is 6.37. The highest BCUT2D eigenvalue weighted by atomic mass is 16.5. The van der Waals surface area contributed by atoms with Crippen LogP contribution >= 0.6 is 0 Å². The molecule has 3 rings (SSSR count). The highest BCUT2D eigenvalue weighted by Crippen LogP contribution is 2.26. The molecule has 1 saturated heterocycles. The van der Waals surface area contributed by atoms with Crippen molar-refractivity contribution in [2.45, 2.75) is 38.9 Å². The van der Waals surface area contributed by atoms with E-state index in [4.69, 9.17) is 4.74 Å². The van der Waals surface area contributed by atoms with E-state index in [1.807, 2.05) is 12.4 Å². The van der Waals surface area contributed by atoms with Crippen molar-refractivity contribution >= 4 is 5.69 Å². The molecule has 1 aromatic heterocycles. The summed E-state index contributed by atoms with van der Waals surface area (Å²) < 4.78 is 7.39. The van der Waals surface area contributed by atoms with Gasteiger partial charge >= 0.3 is 0 Å². The van der Waals surface area contributed by atoms with Gasteiger partial charge in [0.2, 0.25) is 0 Å². The van der Waals surface area contributed by atoms with Gasteiger partial charge in [-0.3, -0.25) is 0 Å². The van der Waals surface area contributed by atoms with Gasteiger partial charge in [-0.25, -0.2) is 9.99 Å². The van der Waals surface area contributed by atoms with Crippen LogP contribution < -0.4 is 5.01 Å². The molecule has 124 valence electrons. The number of ether oxygens (including phenoxy) is 1. The number of rotatable bonds is 6. The molecule has 0 N–H and O–H groups in total. The summed E-state index contributed by atoms with van der Waals surface area (Å²) in [5.41, 5.74) is 1.26. The summed E-state index contributed by atoms with van der Waals surface area (Å²) in [4.78, 5) is 4.56. The number of hydrogen-bond acceptors (Lipinski definition) is 4. The number of para-hydroxylation sites is 1. The number of aromatic nitrogens is 2. The Balaban J connectivity index is 1.79. The average Bonchev–Trinajstić information content (AvgIpc) is 3.03. The van der Waals surface area contributed by atoms with Crippen LogP contribution in [0.3, 0.4) is 0 Å². The molecule has 5 heteroatoms. The Morgan fingerprint density at radius 2 is 2.09 bits per heavy atom. The number of methoxy groups -OCH3 is 1. The van der Waals surface area contributed by atoms with E-state index in [2.05, 4.69) is 56.8 Å². The van der Waals surface area contributed by atoms with E-state index >= 15 is 0 Å². The molecular weight excluding hydrogens is 288 g/mol. The SMILES string of the molecule is COCCn1ccnc1CN1[C@H](C)CCCN1c1ccccc1. The van der Waals surface area contributed by atoms with Crippen molar-refractivity contribution in [2.24, 2.45) is 0 Å². The third kappa shape index (κ3) is 3.74. The smallest absolute Gasteiger partial charge is 0.124 e. The first-order valence-electron chi connectivity index (χ1n) is 8.37. The Morgan fingerprint density at radius 3 is 2.87 bits per heavy atom. The van der Waals surface area contributed by atoms with Gasteiger partial charge < -0.3 is 14.3 Å². The van der Waals surface area contributed by atoms with Crippen LogP contribution in [0.15, 0.2) is 42.7 Å². The second kappa shape index (κ2) is 7.62. The first kappa shape index (κ1) is 16.0. The Kier molecular flexibility index (Phi) is 5.31. The van der Waals surface area contributed by atoms with Gasteiger partial charge in [0.15, 0.2) is 0 Å². The van der Waals surface area contributed by atoms with Gasteiger partial charge in [0.05, 0.1) is 18.8 Å². The van der Waals surface area contributed by atoms with Crippen molar-refractivity contribution in [3.05, 3.63) is 48.5 Å². The molecule has 1 aliphatic heterocycles. The van der Waals surface area contributed by atoms with Gasteiger partial charge in [0.1, 0.15) is 5.82 Å². The first-order chi connectivity index (χ1) is 11.3. The minimum Gasteiger partial charge on any atom is -0.383 e. The van der Waals surface area contributed by atoms with Gasteiger partial charge in [-0.1, -0.05) is 18.2 Å². The van der Waals surface area contributed by atoms with E-state index in [-0.39, 0.29) is 0 Å². The maximum Gasteiger partial charge on any atom is 0.124 e. The Morgan fingerprint density at radius 1 is 1.26 bits per heavy atom. The number of anilines is 1. The lowest BCUT2D eigenvalue weighted by molar-refractivity contribution is 0.131. The van der Waals surface area contributed by atoms with Crippen LogP contribution in [0, 0.1) is 0 Å². The third-order valence-corrected chi connectivity index (χ3v) is 4.51. The van der Waals surface area contributed by atoms with E-state index in [0.29, 0.717) is 12.6 Å². The quantitative estimate of drug-likeness (QED) is 0.821. The molecule has 0 aliphatic carbocycles. The molecule has 0 radical (unpaired) electrons.